The van der Waals surface area contributed by atoms with Gasteiger partial charge in [0, 0.05) is 12.8 Å². The van der Waals surface area contributed by atoms with Gasteiger partial charge in [-0.25, -0.2) is 0 Å². The van der Waals surface area contributed by atoms with Crippen LogP contribution in [0.25, 0.3) is 0 Å². The lowest BCUT2D eigenvalue weighted by Gasteiger charge is -1.98. The molecule has 0 bridgehead atoms. The molecule has 0 radical (unpaired) electrons. The molecule has 1 atom stereocenters. The fraction of sp³-hybridized carbons (Fsp3) is 0.625. The molecule has 1 fully saturated rings. The molecule has 1 saturated heterocycles. The van der Waals surface area contributed by atoms with Crippen molar-refractivity contribution in [2.24, 2.45) is 5.73 Å². The summed E-state index contributed by atoms with van der Waals surface area (Å²) in [5.41, 5.74) is 5.01. The van der Waals surface area contributed by atoms with Gasteiger partial charge in [-0.3, -0.25) is 4.79 Å². The fourth-order valence-corrected chi connectivity index (χ4v) is 2.07. The largest absolute Gasteiger partial charge is 1.00 e. The Kier molecular flexibility index (Phi) is 5.04. The monoisotopic (exact) mass is 264 g/mol. The summed E-state index contributed by atoms with van der Waals surface area (Å²) in [5.74, 6) is 0.447. The maximum Gasteiger partial charge on any atom is 0.277 e. The SMILES string of the molecule is NC(=O)CSc1nnc([C@@H]2CCC[NH2+]2)o1.[Cl-]. The fourth-order valence-electron chi connectivity index (χ4n) is 1.56. The highest BCUT2D eigenvalue weighted by Crippen LogP contribution is 2.21. The molecular formula is C8H13ClN4O2S. The van der Waals surface area contributed by atoms with Crippen molar-refractivity contribution in [1.29, 1.82) is 0 Å². The van der Waals surface area contributed by atoms with Gasteiger partial charge in [0.15, 0.2) is 6.04 Å². The Morgan fingerprint density at radius 2 is 2.44 bits per heavy atom. The minimum Gasteiger partial charge on any atom is -1.00 e. The van der Waals surface area contributed by atoms with Gasteiger partial charge in [-0.05, 0) is 0 Å². The highest BCUT2D eigenvalue weighted by molar-refractivity contribution is 7.99. The molecule has 0 aromatic carbocycles. The average Bonchev–Trinajstić information content (AvgIpc) is 2.85. The number of quaternary nitrogens is 1. The predicted molar refractivity (Wildman–Crippen MR) is 53.0 cm³/mol. The van der Waals surface area contributed by atoms with Crippen LogP contribution in [0.4, 0.5) is 0 Å². The third-order valence-electron chi connectivity index (χ3n) is 2.25. The van der Waals surface area contributed by atoms with Crippen LogP contribution in [0.1, 0.15) is 24.8 Å². The summed E-state index contributed by atoms with van der Waals surface area (Å²) in [5, 5.41) is 10.4. The summed E-state index contributed by atoms with van der Waals surface area (Å²) >= 11 is 1.18. The van der Waals surface area contributed by atoms with Crippen molar-refractivity contribution in [3.05, 3.63) is 5.89 Å². The number of halogens is 1. The molecule has 6 nitrogen and oxygen atoms in total. The van der Waals surface area contributed by atoms with Gasteiger partial charge in [0.25, 0.3) is 11.1 Å². The van der Waals surface area contributed by atoms with E-state index in [4.69, 9.17) is 10.2 Å². The van der Waals surface area contributed by atoms with Crippen LogP contribution in [-0.2, 0) is 4.79 Å². The molecule has 1 amide bonds. The Hall–Kier alpha value is -0.790. The molecule has 0 aliphatic carbocycles. The molecule has 16 heavy (non-hydrogen) atoms. The van der Waals surface area contributed by atoms with E-state index in [2.05, 4.69) is 15.5 Å². The second kappa shape index (κ2) is 6.07. The third-order valence-corrected chi connectivity index (χ3v) is 3.09. The Bertz CT molecular complexity index is 354. The second-order valence-corrected chi connectivity index (χ2v) is 4.36. The van der Waals surface area contributed by atoms with Gasteiger partial charge in [-0.2, -0.15) is 0 Å². The van der Waals surface area contributed by atoms with Crippen LogP contribution in [0.2, 0.25) is 0 Å². The van der Waals surface area contributed by atoms with Gasteiger partial charge < -0.3 is 27.9 Å². The van der Waals surface area contributed by atoms with Crippen molar-refractivity contribution in [1.82, 2.24) is 10.2 Å². The van der Waals surface area contributed by atoms with Gasteiger partial charge in [-0.15, -0.1) is 10.2 Å². The van der Waals surface area contributed by atoms with E-state index in [9.17, 15) is 4.79 Å². The number of carbonyl (C=O) groups excluding carboxylic acids is 1. The quantitative estimate of drug-likeness (QED) is 0.541. The Balaban J connectivity index is 0.00000128. The molecule has 0 spiro atoms. The summed E-state index contributed by atoms with van der Waals surface area (Å²) in [7, 11) is 0. The number of primary amides is 1. The number of amides is 1. The summed E-state index contributed by atoms with van der Waals surface area (Å²) in [6, 6.07) is 0.292. The number of rotatable bonds is 4. The highest BCUT2D eigenvalue weighted by Gasteiger charge is 2.26. The van der Waals surface area contributed by atoms with Crippen molar-refractivity contribution in [3.8, 4) is 0 Å². The van der Waals surface area contributed by atoms with E-state index in [1.165, 1.54) is 18.2 Å². The maximum absolute atomic E-state index is 10.5. The van der Waals surface area contributed by atoms with Crippen LogP contribution in [0.3, 0.4) is 0 Å². The lowest BCUT2D eigenvalue weighted by molar-refractivity contribution is -0.678. The van der Waals surface area contributed by atoms with Crippen molar-refractivity contribution >= 4 is 17.7 Å². The topological polar surface area (TPSA) is 98.6 Å². The molecule has 0 unspecified atom stereocenters. The highest BCUT2D eigenvalue weighted by atomic mass is 35.5. The zero-order chi connectivity index (χ0) is 10.7. The van der Waals surface area contributed by atoms with Gasteiger partial charge in [0.1, 0.15) is 0 Å². The summed E-state index contributed by atoms with van der Waals surface area (Å²) in [6.07, 6.45) is 2.25. The standard InChI is InChI=1S/C8H12N4O2S.ClH/c9-6(13)4-15-8-12-11-7(14-8)5-2-1-3-10-5;/h5,10H,1-4H2,(H2,9,13);1H/t5-;/m0./s1. The van der Waals surface area contributed by atoms with E-state index in [-0.39, 0.29) is 24.1 Å². The number of hydrogen-bond acceptors (Lipinski definition) is 5. The van der Waals surface area contributed by atoms with E-state index in [1.54, 1.807) is 0 Å². The van der Waals surface area contributed by atoms with Crippen LogP contribution >= 0.6 is 11.8 Å². The number of aromatic nitrogens is 2. The van der Waals surface area contributed by atoms with Crippen LogP contribution < -0.4 is 23.5 Å². The second-order valence-electron chi connectivity index (χ2n) is 3.43. The summed E-state index contributed by atoms with van der Waals surface area (Å²) < 4.78 is 5.42. The molecule has 1 aromatic heterocycles. The van der Waals surface area contributed by atoms with E-state index in [1.807, 2.05) is 0 Å². The molecule has 2 heterocycles. The predicted octanol–water partition coefficient (Wildman–Crippen LogP) is -3.95. The molecule has 90 valence electrons. The molecule has 8 heteroatoms. The average molecular weight is 265 g/mol. The first kappa shape index (κ1) is 13.3. The summed E-state index contributed by atoms with van der Waals surface area (Å²) in [4.78, 5) is 10.5. The van der Waals surface area contributed by atoms with Crippen molar-refractivity contribution in [2.45, 2.75) is 24.1 Å². The lowest BCUT2D eigenvalue weighted by atomic mass is 10.2. The smallest absolute Gasteiger partial charge is 0.277 e. The van der Waals surface area contributed by atoms with E-state index in [0.29, 0.717) is 17.2 Å². The van der Waals surface area contributed by atoms with Gasteiger partial charge in [0.05, 0.1) is 12.3 Å². The first-order chi connectivity index (χ1) is 7.25. The van der Waals surface area contributed by atoms with Gasteiger partial charge >= 0.3 is 0 Å². The van der Waals surface area contributed by atoms with Crippen molar-refractivity contribution in [2.75, 3.05) is 12.3 Å². The van der Waals surface area contributed by atoms with Crippen molar-refractivity contribution < 1.29 is 26.9 Å². The van der Waals surface area contributed by atoms with Crippen LogP contribution in [-0.4, -0.2) is 28.4 Å². The number of thioether (sulfide) groups is 1. The molecule has 2 rings (SSSR count). The maximum atomic E-state index is 10.5. The van der Waals surface area contributed by atoms with Crippen LogP contribution in [0.5, 0.6) is 0 Å². The minimum absolute atomic E-state index is 0. The molecular weight excluding hydrogens is 252 g/mol. The minimum atomic E-state index is -0.382. The van der Waals surface area contributed by atoms with Crippen molar-refractivity contribution in [3.63, 3.8) is 0 Å². The zero-order valence-electron chi connectivity index (χ0n) is 8.56. The van der Waals surface area contributed by atoms with Crippen LogP contribution in [0.15, 0.2) is 9.64 Å². The zero-order valence-corrected chi connectivity index (χ0v) is 10.1. The Morgan fingerprint density at radius 1 is 1.62 bits per heavy atom. The Morgan fingerprint density at radius 3 is 3.06 bits per heavy atom. The van der Waals surface area contributed by atoms with Gasteiger partial charge in [0.2, 0.25) is 5.91 Å². The van der Waals surface area contributed by atoms with E-state index < -0.39 is 0 Å². The number of carbonyl (C=O) groups is 1. The molecule has 1 aromatic rings. The first-order valence-electron chi connectivity index (χ1n) is 4.83. The molecule has 1 aliphatic rings. The van der Waals surface area contributed by atoms with Gasteiger partial charge in [-0.1, -0.05) is 11.8 Å². The number of nitrogens with zero attached hydrogens (tertiary/aromatic N) is 2. The lowest BCUT2D eigenvalue weighted by Crippen LogP contribution is -3.00. The Labute approximate surface area is 103 Å². The van der Waals surface area contributed by atoms with E-state index in [0.717, 1.165) is 13.0 Å². The first-order valence-corrected chi connectivity index (χ1v) is 5.82. The molecule has 4 N–H and O–H groups in total. The number of nitrogens with two attached hydrogens (primary N) is 2. The summed E-state index contributed by atoms with van der Waals surface area (Å²) in [6.45, 7) is 1.11. The third kappa shape index (κ3) is 3.36. The normalized spacial score (nSPS) is 19.4. The number of hydrogen-bond donors (Lipinski definition) is 2. The van der Waals surface area contributed by atoms with E-state index >= 15 is 0 Å². The molecule has 0 saturated carbocycles. The van der Waals surface area contributed by atoms with Crippen LogP contribution in [0, 0.1) is 0 Å². The molecule has 1 aliphatic heterocycles.